The van der Waals surface area contributed by atoms with E-state index in [1.165, 1.54) is 7.11 Å². The summed E-state index contributed by atoms with van der Waals surface area (Å²) in [4.78, 5) is 15.5. The molecular weight excluding hydrogens is 272 g/mol. The normalized spacial score (nSPS) is 14.0. The molecule has 18 heavy (non-hydrogen) atoms. The maximum atomic E-state index is 11.4. The third-order valence-electron chi connectivity index (χ3n) is 2.46. The molecule has 4 nitrogen and oxygen atoms in total. The van der Waals surface area contributed by atoms with Crippen LogP contribution in [-0.4, -0.2) is 29.4 Å². The van der Waals surface area contributed by atoms with Crippen LogP contribution in [0.1, 0.15) is 19.8 Å². The average Bonchev–Trinajstić information content (AvgIpc) is 2.35. The van der Waals surface area contributed by atoms with Crippen LogP contribution in [0.4, 0.5) is 0 Å². The fraction of sp³-hybridized carbons (Fsp3) is 0.500. The maximum Gasteiger partial charge on any atom is 0.325 e. The van der Waals surface area contributed by atoms with Crippen molar-refractivity contribution in [2.45, 2.75) is 30.3 Å². The first-order valence-electron chi connectivity index (χ1n) is 5.58. The Morgan fingerprint density at radius 2 is 2.39 bits per heavy atom. The van der Waals surface area contributed by atoms with E-state index in [9.17, 15) is 4.79 Å². The molecule has 0 fully saturated rings. The number of pyridine rings is 1. The SMILES string of the molecule is COC(=O)C(C)(N)CCCSc1ncccc1Cl. The molecule has 0 aromatic carbocycles. The van der Waals surface area contributed by atoms with Gasteiger partial charge in [0.15, 0.2) is 0 Å². The van der Waals surface area contributed by atoms with Crippen LogP contribution in [-0.2, 0) is 9.53 Å². The van der Waals surface area contributed by atoms with Crippen LogP contribution >= 0.6 is 23.4 Å². The lowest BCUT2D eigenvalue weighted by Gasteiger charge is -2.20. The molecule has 1 unspecified atom stereocenters. The zero-order valence-electron chi connectivity index (χ0n) is 10.5. The lowest BCUT2D eigenvalue weighted by Crippen LogP contribution is -2.45. The van der Waals surface area contributed by atoms with Crippen LogP contribution < -0.4 is 5.73 Å². The van der Waals surface area contributed by atoms with Gasteiger partial charge in [-0.25, -0.2) is 4.98 Å². The fourth-order valence-corrected chi connectivity index (χ4v) is 2.53. The molecule has 100 valence electrons. The maximum absolute atomic E-state index is 11.4. The topological polar surface area (TPSA) is 65.2 Å². The third kappa shape index (κ3) is 4.48. The lowest BCUT2D eigenvalue weighted by atomic mass is 9.98. The van der Waals surface area contributed by atoms with Gasteiger partial charge in [0, 0.05) is 6.20 Å². The molecule has 0 spiro atoms. The van der Waals surface area contributed by atoms with Crippen molar-refractivity contribution in [1.82, 2.24) is 4.98 Å². The first-order valence-corrected chi connectivity index (χ1v) is 6.94. The molecule has 6 heteroatoms. The molecule has 1 heterocycles. The Kier molecular flexibility index (Phi) is 5.91. The van der Waals surface area contributed by atoms with Crippen molar-refractivity contribution in [3.63, 3.8) is 0 Å². The minimum Gasteiger partial charge on any atom is -0.468 e. The largest absolute Gasteiger partial charge is 0.468 e. The van der Waals surface area contributed by atoms with Gasteiger partial charge in [0.05, 0.1) is 12.1 Å². The molecule has 0 aliphatic carbocycles. The number of esters is 1. The molecular formula is C12H17ClN2O2S. The van der Waals surface area contributed by atoms with Crippen LogP contribution in [0, 0.1) is 0 Å². The van der Waals surface area contributed by atoms with Crippen molar-refractivity contribution in [2.24, 2.45) is 5.73 Å². The number of carbonyl (C=O) groups excluding carboxylic acids is 1. The van der Waals surface area contributed by atoms with E-state index in [1.54, 1.807) is 37.0 Å². The van der Waals surface area contributed by atoms with Gasteiger partial charge >= 0.3 is 5.97 Å². The van der Waals surface area contributed by atoms with Crippen LogP contribution in [0.15, 0.2) is 23.4 Å². The smallest absolute Gasteiger partial charge is 0.325 e. The Bertz CT molecular complexity index is 413. The van der Waals surface area contributed by atoms with Crippen molar-refractivity contribution in [3.8, 4) is 0 Å². The average molecular weight is 289 g/mol. The number of nitrogens with zero attached hydrogens (tertiary/aromatic N) is 1. The molecule has 1 aromatic rings. The van der Waals surface area contributed by atoms with Crippen molar-refractivity contribution >= 4 is 29.3 Å². The summed E-state index contributed by atoms with van der Waals surface area (Å²) in [6.45, 7) is 1.68. The number of ether oxygens (including phenoxy) is 1. The van der Waals surface area contributed by atoms with E-state index >= 15 is 0 Å². The predicted octanol–water partition coefficient (Wildman–Crippen LogP) is 2.50. The van der Waals surface area contributed by atoms with Gasteiger partial charge in [-0.1, -0.05) is 11.6 Å². The van der Waals surface area contributed by atoms with Gasteiger partial charge in [0.25, 0.3) is 0 Å². The number of nitrogens with two attached hydrogens (primary N) is 1. The van der Waals surface area contributed by atoms with Crippen molar-refractivity contribution in [3.05, 3.63) is 23.4 Å². The summed E-state index contributed by atoms with van der Waals surface area (Å²) in [6, 6.07) is 3.60. The first-order chi connectivity index (χ1) is 8.47. The molecule has 0 aliphatic heterocycles. The summed E-state index contributed by atoms with van der Waals surface area (Å²) in [5.41, 5.74) is 4.93. The summed E-state index contributed by atoms with van der Waals surface area (Å²) in [6.07, 6.45) is 3.06. The molecule has 0 amide bonds. The van der Waals surface area contributed by atoms with E-state index in [2.05, 4.69) is 9.72 Å². The van der Waals surface area contributed by atoms with Gasteiger partial charge in [-0.2, -0.15) is 0 Å². The van der Waals surface area contributed by atoms with Gasteiger partial charge in [-0.15, -0.1) is 11.8 Å². The summed E-state index contributed by atoms with van der Waals surface area (Å²) < 4.78 is 4.65. The second-order valence-corrected chi connectivity index (χ2v) is 5.64. The monoisotopic (exact) mass is 288 g/mol. The number of aromatic nitrogens is 1. The highest BCUT2D eigenvalue weighted by Gasteiger charge is 2.28. The number of carbonyl (C=O) groups is 1. The van der Waals surface area contributed by atoms with E-state index in [0.29, 0.717) is 11.4 Å². The van der Waals surface area contributed by atoms with Gasteiger partial charge in [0.2, 0.25) is 0 Å². The van der Waals surface area contributed by atoms with Gasteiger partial charge in [-0.05, 0) is 37.7 Å². The number of hydrogen-bond acceptors (Lipinski definition) is 5. The van der Waals surface area contributed by atoms with E-state index < -0.39 is 5.54 Å². The minimum absolute atomic E-state index is 0.386. The van der Waals surface area contributed by atoms with E-state index in [4.69, 9.17) is 17.3 Å². The Hall–Kier alpha value is -0.780. The predicted molar refractivity (Wildman–Crippen MR) is 73.8 cm³/mol. The molecule has 0 saturated heterocycles. The minimum atomic E-state index is -0.927. The number of methoxy groups -OCH3 is 1. The van der Waals surface area contributed by atoms with Crippen LogP contribution in [0.5, 0.6) is 0 Å². The second-order valence-electron chi connectivity index (χ2n) is 4.15. The summed E-state index contributed by atoms with van der Waals surface area (Å²) >= 11 is 7.54. The molecule has 1 aromatic heterocycles. The standard InChI is InChI=1S/C12H17ClN2O2S/c1-12(14,11(16)17-2)6-4-8-18-10-9(13)5-3-7-15-10/h3,5,7H,4,6,8,14H2,1-2H3. The number of rotatable bonds is 6. The highest BCUT2D eigenvalue weighted by atomic mass is 35.5. The summed E-state index contributed by atoms with van der Waals surface area (Å²) in [5.74, 6) is 0.420. The zero-order chi connectivity index (χ0) is 13.6. The van der Waals surface area contributed by atoms with Crippen molar-refractivity contribution in [2.75, 3.05) is 12.9 Å². The van der Waals surface area contributed by atoms with E-state index in [-0.39, 0.29) is 5.97 Å². The van der Waals surface area contributed by atoms with Crippen LogP contribution in [0.25, 0.3) is 0 Å². The van der Waals surface area contributed by atoms with Crippen LogP contribution in [0.3, 0.4) is 0 Å². The van der Waals surface area contributed by atoms with Crippen LogP contribution in [0.2, 0.25) is 5.02 Å². The number of thioether (sulfide) groups is 1. The lowest BCUT2D eigenvalue weighted by molar-refractivity contribution is -0.146. The van der Waals surface area contributed by atoms with Crippen molar-refractivity contribution in [1.29, 1.82) is 0 Å². The Morgan fingerprint density at radius 1 is 1.67 bits per heavy atom. The Labute approximate surface area is 116 Å². The molecule has 0 bridgehead atoms. The fourth-order valence-electron chi connectivity index (χ4n) is 1.42. The summed E-state index contributed by atoms with van der Waals surface area (Å²) in [7, 11) is 1.34. The quantitative estimate of drug-likeness (QED) is 0.495. The molecule has 1 atom stereocenters. The number of halogens is 1. The van der Waals surface area contributed by atoms with Gasteiger partial charge < -0.3 is 10.5 Å². The van der Waals surface area contributed by atoms with Crippen molar-refractivity contribution < 1.29 is 9.53 Å². The van der Waals surface area contributed by atoms with E-state index in [1.807, 2.05) is 0 Å². The highest BCUT2D eigenvalue weighted by Crippen LogP contribution is 2.25. The molecule has 0 aliphatic rings. The number of hydrogen-bond donors (Lipinski definition) is 1. The highest BCUT2D eigenvalue weighted by molar-refractivity contribution is 7.99. The first kappa shape index (κ1) is 15.3. The zero-order valence-corrected chi connectivity index (χ0v) is 12.1. The molecule has 2 N–H and O–H groups in total. The molecule has 1 rings (SSSR count). The third-order valence-corrected chi connectivity index (χ3v) is 3.96. The second kappa shape index (κ2) is 6.97. The Morgan fingerprint density at radius 3 is 3.00 bits per heavy atom. The van der Waals surface area contributed by atoms with Gasteiger partial charge in [-0.3, -0.25) is 4.79 Å². The molecule has 0 radical (unpaired) electrons. The summed E-state index contributed by atoms with van der Waals surface area (Å²) in [5, 5.41) is 1.45. The Balaban J connectivity index is 2.35. The van der Waals surface area contributed by atoms with E-state index in [0.717, 1.165) is 17.2 Å². The van der Waals surface area contributed by atoms with Gasteiger partial charge in [0.1, 0.15) is 10.6 Å². The molecule has 0 saturated carbocycles.